The van der Waals surface area contributed by atoms with Gasteiger partial charge in [0.15, 0.2) is 0 Å². The van der Waals surface area contributed by atoms with Crippen LogP contribution in [0.2, 0.25) is 0 Å². The van der Waals surface area contributed by atoms with Gasteiger partial charge in [-0.3, -0.25) is 9.59 Å². The molecule has 3 N–H and O–H groups in total. The van der Waals surface area contributed by atoms with E-state index in [2.05, 4.69) is 10.6 Å². The molecule has 2 fully saturated rings. The third-order valence-corrected chi connectivity index (χ3v) is 4.50. The number of nitrogens with one attached hydrogen (secondary N) is 2. The molecule has 2 aliphatic heterocycles. The summed E-state index contributed by atoms with van der Waals surface area (Å²) in [6, 6.07) is -0.194. The molecule has 0 unspecified atom stereocenters. The molecular weight excluding hydrogens is 300 g/mol. The van der Waals surface area contributed by atoms with Crippen LogP contribution < -0.4 is 10.6 Å². The number of amides is 2. The smallest absolute Gasteiger partial charge is 0.223 e. The van der Waals surface area contributed by atoms with Crippen LogP contribution in [0.15, 0.2) is 0 Å². The van der Waals surface area contributed by atoms with Crippen molar-refractivity contribution in [2.45, 2.75) is 57.3 Å². The minimum Gasteiger partial charge on any atom is -0.394 e. The Bertz CT molecular complexity index is 398. The van der Waals surface area contributed by atoms with Crippen LogP contribution in [0.3, 0.4) is 0 Å². The molecule has 0 radical (unpaired) electrons. The summed E-state index contributed by atoms with van der Waals surface area (Å²) in [6.45, 7) is 3.55. The second-order valence-corrected chi connectivity index (χ2v) is 6.22. The lowest BCUT2D eigenvalue weighted by Crippen LogP contribution is -2.53. The SMILES string of the molecule is CCNC(=O)C[C@@H]1CC[C@H](NC(=O)C2CCOCC2)[C@@H](CO)O1. The number of carbonyl (C=O) groups is 2. The highest BCUT2D eigenvalue weighted by molar-refractivity contribution is 5.79. The molecule has 0 saturated carbocycles. The molecule has 0 aromatic carbocycles. The average Bonchev–Trinajstić information content (AvgIpc) is 2.57. The molecule has 0 aliphatic carbocycles. The highest BCUT2D eigenvalue weighted by Gasteiger charge is 2.34. The predicted octanol–water partition coefficient (Wildman–Crippen LogP) is -0.0361. The Morgan fingerprint density at radius 3 is 2.57 bits per heavy atom. The van der Waals surface area contributed by atoms with Crippen LogP contribution in [0.4, 0.5) is 0 Å². The minimum absolute atomic E-state index is 0.0162. The number of aliphatic hydroxyl groups excluding tert-OH is 1. The van der Waals surface area contributed by atoms with E-state index in [1.165, 1.54) is 0 Å². The highest BCUT2D eigenvalue weighted by atomic mass is 16.5. The molecule has 23 heavy (non-hydrogen) atoms. The maximum atomic E-state index is 12.3. The summed E-state index contributed by atoms with van der Waals surface area (Å²) in [5.74, 6) is -0.0439. The summed E-state index contributed by atoms with van der Waals surface area (Å²) in [6.07, 6.45) is 2.54. The van der Waals surface area contributed by atoms with Crippen molar-refractivity contribution in [1.29, 1.82) is 0 Å². The first-order valence-electron chi connectivity index (χ1n) is 8.55. The van der Waals surface area contributed by atoms with Gasteiger partial charge in [0.05, 0.1) is 25.2 Å². The summed E-state index contributed by atoms with van der Waals surface area (Å²) >= 11 is 0. The molecule has 7 heteroatoms. The van der Waals surface area contributed by atoms with Crippen molar-refractivity contribution >= 4 is 11.8 Å². The Morgan fingerprint density at radius 2 is 1.91 bits per heavy atom. The lowest BCUT2D eigenvalue weighted by Gasteiger charge is -2.36. The van der Waals surface area contributed by atoms with Gasteiger partial charge in [-0.2, -0.15) is 0 Å². The van der Waals surface area contributed by atoms with Gasteiger partial charge < -0.3 is 25.2 Å². The molecule has 2 aliphatic rings. The van der Waals surface area contributed by atoms with E-state index in [9.17, 15) is 14.7 Å². The number of carbonyl (C=O) groups excluding carboxylic acids is 2. The van der Waals surface area contributed by atoms with Gasteiger partial charge in [-0.05, 0) is 32.6 Å². The maximum absolute atomic E-state index is 12.3. The van der Waals surface area contributed by atoms with Crippen molar-refractivity contribution in [3.05, 3.63) is 0 Å². The molecule has 0 spiro atoms. The molecule has 0 aromatic heterocycles. The first kappa shape index (κ1) is 18.2. The molecular formula is C16H28N2O5. The third kappa shape index (κ3) is 5.44. The fraction of sp³-hybridized carbons (Fsp3) is 0.875. The Balaban J connectivity index is 1.81. The Kier molecular flexibility index (Phi) is 7.26. The Labute approximate surface area is 137 Å². The van der Waals surface area contributed by atoms with E-state index in [-0.39, 0.29) is 36.5 Å². The van der Waals surface area contributed by atoms with Crippen molar-refractivity contribution in [2.24, 2.45) is 5.92 Å². The van der Waals surface area contributed by atoms with E-state index in [1.54, 1.807) is 0 Å². The molecule has 2 rings (SSSR count). The van der Waals surface area contributed by atoms with Crippen LogP contribution in [-0.4, -0.2) is 61.5 Å². The van der Waals surface area contributed by atoms with Crippen LogP contribution >= 0.6 is 0 Å². The van der Waals surface area contributed by atoms with Gasteiger partial charge in [-0.1, -0.05) is 0 Å². The largest absolute Gasteiger partial charge is 0.394 e. The van der Waals surface area contributed by atoms with Gasteiger partial charge in [0.2, 0.25) is 11.8 Å². The predicted molar refractivity (Wildman–Crippen MR) is 83.8 cm³/mol. The summed E-state index contributed by atoms with van der Waals surface area (Å²) in [4.78, 5) is 23.9. The van der Waals surface area contributed by atoms with Crippen LogP contribution in [0.1, 0.15) is 39.0 Å². The fourth-order valence-corrected chi connectivity index (χ4v) is 3.18. The lowest BCUT2D eigenvalue weighted by molar-refractivity contribution is -0.138. The molecule has 132 valence electrons. The van der Waals surface area contributed by atoms with E-state index in [4.69, 9.17) is 9.47 Å². The Morgan fingerprint density at radius 1 is 1.17 bits per heavy atom. The van der Waals surface area contributed by atoms with Gasteiger partial charge in [-0.15, -0.1) is 0 Å². The van der Waals surface area contributed by atoms with Gasteiger partial charge in [0.25, 0.3) is 0 Å². The standard InChI is InChI=1S/C16H28N2O5/c1-2-17-15(20)9-12-3-4-13(14(10-19)23-12)18-16(21)11-5-7-22-8-6-11/h11-14,19H,2-10H2,1H3,(H,17,20)(H,18,21)/t12-,13-,14+/m0/s1. The van der Waals surface area contributed by atoms with Crippen LogP contribution in [0.5, 0.6) is 0 Å². The van der Waals surface area contributed by atoms with E-state index in [0.29, 0.717) is 39.0 Å². The van der Waals surface area contributed by atoms with Crippen molar-refractivity contribution < 1.29 is 24.2 Å². The normalized spacial score (nSPS) is 29.0. The molecule has 0 aromatic rings. The molecule has 2 saturated heterocycles. The second kappa shape index (κ2) is 9.20. The molecule has 3 atom stereocenters. The average molecular weight is 328 g/mol. The van der Waals surface area contributed by atoms with Crippen LogP contribution in [0, 0.1) is 5.92 Å². The first-order valence-corrected chi connectivity index (χ1v) is 8.55. The minimum atomic E-state index is -0.452. The summed E-state index contributed by atoms with van der Waals surface area (Å²) in [5.41, 5.74) is 0. The van der Waals surface area contributed by atoms with Gasteiger partial charge in [-0.25, -0.2) is 0 Å². The number of ether oxygens (including phenoxy) is 2. The fourth-order valence-electron chi connectivity index (χ4n) is 3.18. The topological polar surface area (TPSA) is 96.9 Å². The van der Waals surface area contributed by atoms with Crippen LogP contribution in [0.25, 0.3) is 0 Å². The van der Waals surface area contributed by atoms with E-state index >= 15 is 0 Å². The van der Waals surface area contributed by atoms with Gasteiger partial charge in [0.1, 0.15) is 6.10 Å². The molecule has 7 nitrogen and oxygen atoms in total. The summed E-state index contributed by atoms with van der Waals surface area (Å²) in [7, 11) is 0. The third-order valence-electron chi connectivity index (χ3n) is 4.50. The van der Waals surface area contributed by atoms with Gasteiger partial charge >= 0.3 is 0 Å². The van der Waals surface area contributed by atoms with Gasteiger partial charge in [0, 0.05) is 25.7 Å². The number of hydrogen-bond acceptors (Lipinski definition) is 5. The van der Waals surface area contributed by atoms with E-state index in [0.717, 1.165) is 12.8 Å². The van der Waals surface area contributed by atoms with Crippen molar-refractivity contribution in [3.8, 4) is 0 Å². The highest BCUT2D eigenvalue weighted by Crippen LogP contribution is 2.23. The number of rotatable bonds is 6. The number of aliphatic hydroxyl groups is 1. The Hall–Kier alpha value is -1.18. The second-order valence-electron chi connectivity index (χ2n) is 6.22. The van der Waals surface area contributed by atoms with Crippen molar-refractivity contribution in [3.63, 3.8) is 0 Å². The van der Waals surface area contributed by atoms with Crippen molar-refractivity contribution in [1.82, 2.24) is 10.6 Å². The van der Waals surface area contributed by atoms with Crippen molar-refractivity contribution in [2.75, 3.05) is 26.4 Å². The molecule has 0 bridgehead atoms. The van der Waals surface area contributed by atoms with Crippen LogP contribution in [-0.2, 0) is 19.1 Å². The summed E-state index contributed by atoms with van der Waals surface area (Å²) < 4.78 is 11.1. The molecule has 2 heterocycles. The zero-order valence-corrected chi connectivity index (χ0v) is 13.8. The van der Waals surface area contributed by atoms with E-state index in [1.807, 2.05) is 6.92 Å². The zero-order valence-electron chi connectivity index (χ0n) is 13.8. The maximum Gasteiger partial charge on any atom is 0.223 e. The summed E-state index contributed by atoms with van der Waals surface area (Å²) in [5, 5.41) is 15.3. The van der Waals surface area contributed by atoms with E-state index < -0.39 is 6.10 Å². The first-order chi connectivity index (χ1) is 11.1. The zero-order chi connectivity index (χ0) is 16.7. The number of hydrogen-bond donors (Lipinski definition) is 3. The quantitative estimate of drug-likeness (QED) is 0.636. The monoisotopic (exact) mass is 328 g/mol. The molecule has 2 amide bonds. The lowest BCUT2D eigenvalue weighted by atomic mass is 9.94.